The molecule has 7 nitrogen and oxygen atoms in total. The Morgan fingerprint density at radius 2 is 1.77 bits per heavy atom. The van der Waals surface area contributed by atoms with Crippen molar-refractivity contribution in [1.29, 1.82) is 0 Å². The summed E-state index contributed by atoms with van der Waals surface area (Å²) < 4.78 is 42.6. The second-order valence-corrected chi connectivity index (χ2v) is 6.07. The molecule has 0 atom stereocenters. The van der Waals surface area contributed by atoms with Crippen LogP contribution in [0.3, 0.4) is 0 Å². The summed E-state index contributed by atoms with van der Waals surface area (Å²) in [6.07, 6.45) is -4.79. The molecule has 4 amide bonds. The number of halogens is 4. The number of amides is 4. The van der Waals surface area contributed by atoms with Gasteiger partial charge in [0, 0.05) is 17.1 Å². The highest BCUT2D eigenvalue weighted by molar-refractivity contribution is 6.44. The van der Waals surface area contributed by atoms with Gasteiger partial charge in [-0.3, -0.25) is 14.5 Å². The van der Waals surface area contributed by atoms with Crippen molar-refractivity contribution in [3.05, 3.63) is 28.8 Å². The highest BCUT2D eigenvalue weighted by Gasteiger charge is 2.49. The molecule has 0 unspecified atom stereocenters. The molecular weight excluding hydrogens is 379 g/mol. The summed E-state index contributed by atoms with van der Waals surface area (Å²) >= 11 is 5.92. The first-order valence-corrected chi connectivity index (χ1v) is 7.66. The van der Waals surface area contributed by atoms with Gasteiger partial charge in [-0.15, -0.1) is 0 Å². The van der Waals surface area contributed by atoms with Crippen LogP contribution in [0, 0.1) is 0 Å². The molecule has 0 N–H and O–H groups in total. The molecule has 0 bridgehead atoms. The van der Waals surface area contributed by atoms with E-state index in [4.69, 9.17) is 16.3 Å². The topological polar surface area (TPSA) is 70.2 Å². The molecule has 1 saturated heterocycles. The van der Waals surface area contributed by atoms with E-state index in [1.54, 1.807) is 18.2 Å². The molecule has 11 heteroatoms. The summed E-state index contributed by atoms with van der Waals surface area (Å²) in [7, 11) is 2.98. The van der Waals surface area contributed by atoms with E-state index < -0.39 is 30.6 Å². The minimum atomic E-state index is -4.79. The number of ether oxygens (including phenoxy) is 1. The van der Waals surface area contributed by atoms with E-state index in [1.807, 2.05) is 0 Å². The number of alkyl halides is 3. The summed E-state index contributed by atoms with van der Waals surface area (Å²) in [6, 6.07) is 3.56. The van der Waals surface area contributed by atoms with Gasteiger partial charge in [0.2, 0.25) is 0 Å². The van der Waals surface area contributed by atoms with E-state index >= 15 is 0 Å². The van der Waals surface area contributed by atoms with Gasteiger partial charge in [-0.2, -0.15) is 13.2 Å². The van der Waals surface area contributed by atoms with Gasteiger partial charge in [-0.05, 0) is 25.2 Å². The Kier molecular flexibility index (Phi) is 5.77. The fourth-order valence-corrected chi connectivity index (χ4v) is 2.64. The van der Waals surface area contributed by atoms with E-state index in [1.165, 1.54) is 19.1 Å². The van der Waals surface area contributed by atoms with Crippen LogP contribution < -0.4 is 4.74 Å². The molecule has 2 rings (SSSR count). The van der Waals surface area contributed by atoms with Crippen LogP contribution in [0.2, 0.25) is 5.02 Å². The summed E-state index contributed by atoms with van der Waals surface area (Å²) in [5.41, 5.74) is 0.639. The lowest BCUT2D eigenvalue weighted by molar-refractivity contribution is -0.156. The first-order valence-electron chi connectivity index (χ1n) is 7.28. The maximum absolute atomic E-state index is 12.5. The maximum atomic E-state index is 12.5. The van der Waals surface area contributed by atoms with Crippen molar-refractivity contribution < 1.29 is 32.3 Å². The Morgan fingerprint density at radius 3 is 2.35 bits per heavy atom. The number of urea groups is 1. The number of hydrogen-bond donors (Lipinski definition) is 0. The number of rotatable bonds is 6. The molecule has 1 aromatic rings. The van der Waals surface area contributed by atoms with Crippen molar-refractivity contribution >= 4 is 29.4 Å². The number of nitrogens with zero attached hydrogens (tertiary/aromatic N) is 3. The van der Waals surface area contributed by atoms with Crippen molar-refractivity contribution in [3.63, 3.8) is 0 Å². The van der Waals surface area contributed by atoms with Gasteiger partial charge in [-0.1, -0.05) is 11.6 Å². The monoisotopic (exact) mass is 393 g/mol. The molecule has 1 aliphatic rings. The summed E-state index contributed by atoms with van der Waals surface area (Å²) in [4.78, 5) is 37.3. The van der Waals surface area contributed by atoms with Gasteiger partial charge in [0.05, 0.1) is 13.8 Å². The Morgan fingerprint density at radius 1 is 1.15 bits per heavy atom. The van der Waals surface area contributed by atoms with Crippen LogP contribution in [-0.4, -0.2) is 66.1 Å². The van der Waals surface area contributed by atoms with Gasteiger partial charge in [0.25, 0.3) is 0 Å². The van der Waals surface area contributed by atoms with E-state index in [0.29, 0.717) is 21.2 Å². The van der Waals surface area contributed by atoms with Crippen LogP contribution in [-0.2, 0) is 16.1 Å². The summed E-state index contributed by atoms with van der Waals surface area (Å²) in [6.45, 7) is -2.00. The van der Waals surface area contributed by atoms with Crippen LogP contribution in [0.4, 0.5) is 18.0 Å². The lowest BCUT2D eigenvalue weighted by Crippen LogP contribution is -2.42. The lowest BCUT2D eigenvalue weighted by atomic mass is 10.2. The minimum Gasteiger partial charge on any atom is -0.496 e. The van der Waals surface area contributed by atoms with Crippen molar-refractivity contribution in [2.24, 2.45) is 0 Å². The molecular formula is C15H15ClF3N3O4. The highest BCUT2D eigenvalue weighted by atomic mass is 35.5. The number of carbonyl (C=O) groups is 3. The Bertz CT molecular complexity index is 741. The molecule has 0 saturated carbocycles. The van der Waals surface area contributed by atoms with E-state index in [9.17, 15) is 27.6 Å². The van der Waals surface area contributed by atoms with Crippen LogP contribution in [0.25, 0.3) is 0 Å². The van der Waals surface area contributed by atoms with Crippen LogP contribution >= 0.6 is 11.6 Å². The van der Waals surface area contributed by atoms with Gasteiger partial charge in [0.15, 0.2) is 0 Å². The number of methoxy groups -OCH3 is 1. The molecule has 1 fully saturated rings. The molecule has 1 heterocycles. The molecule has 1 aromatic carbocycles. The zero-order valence-electron chi connectivity index (χ0n) is 13.8. The van der Waals surface area contributed by atoms with E-state index in [-0.39, 0.29) is 18.1 Å². The molecule has 0 spiro atoms. The Labute approximate surface area is 151 Å². The third-order valence-electron chi connectivity index (χ3n) is 3.54. The van der Waals surface area contributed by atoms with Gasteiger partial charge in [0.1, 0.15) is 12.3 Å². The van der Waals surface area contributed by atoms with Crippen LogP contribution in [0.5, 0.6) is 5.75 Å². The number of carbonyl (C=O) groups excluding carboxylic acids is 3. The van der Waals surface area contributed by atoms with Crippen molar-refractivity contribution in [2.75, 3.05) is 27.4 Å². The fraction of sp³-hybridized carbons (Fsp3) is 0.400. The summed E-state index contributed by atoms with van der Waals surface area (Å²) in [5.74, 6) is -2.29. The molecule has 26 heavy (non-hydrogen) atoms. The van der Waals surface area contributed by atoms with Crippen molar-refractivity contribution in [1.82, 2.24) is 14.7 Å². The zero-order chi connectivity index (χ0) is 19.6. The highest BCUT2D eigenvalue weighted by Crippen LogP contribution is 2.25. The lowest BCUT2D eigenvalue weighted by Gasteiger charge is -2.23. The second-order valence-electron chi connectivity index (χ2n) is 5.63. The van der Waals surface area contributed by atoms with E-state index in [0.717, 1.165) is 0 Å². The normalized spacial score (nSPS) is 15.4. The first-order chi connectivity index (χ1) is 12.0. The van der Waals surface area contributed by atoms with Gasteiger partial charge < -0.3 is 4.74 Å². The predicted octanol–water partition coefficient (Wildman–Crippen LogP) is 2.09. The fourth-order valence-electron chi connectivity index (χ4n) is 2.45. The van der Waals surface area contributed by atoms with Crippen molar-refractivity contribution in [3.8, 4) is 5.75 Å². The molecule has 1 aliphatic heterocycles. The number of imide groups is 2. The molecule has 0 aromatic heterocycles. The number of hydrogen-bond acceptors (Lipinski definition) is 5. The standard InChI is InChI=1S/C15H15ClF3N3O4/c1-20(6-9-5-10(16)3-4-11(9)26-2)8-22-13(24)12(23)21(14(22)25)7-15(17,18)19/h3-5H,6-8H2,1-2H3. The third-order valence-corrected chi connectivity index (χ3v) is 3.77. The zero-order valence-corrected chi connectivity index (χ0v) is 14.6. The molecule has 142 valence electrons. The first kappa shape index (κ1) is 20.0. The SMILES string of the molecule is COc1ccc(Cl)cc1CN(C)CN1C(=O)C(=O)N(CC(F)(F)F)C1=O. The maximum Gasteiger partial charge on any atom is 0.406 e. The smallest absolute Gasteiger partial charge is 0.406 e. The largest absolute Gasteiger partial charge is 0.496 e. The Hall–Kier alpha value is -2.33. The number of benzene rings is 1. The second kappa shape index (κ2) is 7.50. The van der Waals surface area contributed by atoms with Crippen molar-refractivity contribution in [2.45, 2.75) is 12.7 Å². The summed E-state index contributed by atoms with van der Waals surface area (Å²) in [5, 5.41) is 0.439. The van der Waals surface area contributed by atoms with Gasteiger partial charge >= 0.3 is 24.0 Å². The van der Waals surface area contributed by atoms with Gasteiger partial charge in [-0.25, -0.2) is 14.6 Å². The quantitative estimate of drug-likeness (QED) is 0.547. The van der Waals surface area contributed by atoms with E-state index in [2.05, 4.69) is 0 Å². The van der Waals surface area contributed by atoms with Crippen LogP contribution in [0.15, 0.2) is 18.2 Å². The average molecular weight is 394 g/mol. The van der Waals surface area contributed by atoms with Crippen LogP contribution in [0.1, 0.15) is 5.56 Å². The predicted molar refractivity (Wildman–Crippen MR) is 84.3 cm³/mol. The average Bonchev–Trinajstić information content (AvgIpc) is 2.72. The molecule has 0 aliphatic carbocycles. The minimum absolute atomic E-state index is 0.115. The Balaban J connectivity index is 2.10. The molecule has 0 radical (unpaired) electrons. The third kappa shape index (κ3) is 4.44.